The molecule has 2 heterocycles. The molecule has 7 nitrogen and oxygen atoms in total. The Balaban J connectivity index is 1.90. The summed E-state index contributed by atoms with van der Waals surface area (Å²) in [4.78, 5) is 40.6. The normalized spacial score (nSPS) is 13.6. The summed E-state index contributed by atoms with van der Waals surface area (Å²) in [5.74, 6) is -1.01. The average molecular weight is 429 g/mol. The van der Waals surface area contributed by atoms with E-state index in [-0.39, 0.29) is 12.2 Å². The summed E-state index contributed by atoms with van der Waals surface area (Å²) >= 11 is 6.04. The van der Waals surface area contributed by atoms with Gasteiger partial charge in [0.1, 0.15) is 5.82 Å². The monoisotopic (exact) mass is 428 g/mol. The van der Waals surface area contributed by atoms with E-state index in [0.717, 1.165) is 22.1 Å². The smallest absolute Gasteiger partial charge is 0.337 e. The molecule has 30 heavy (non-hydrogen) atoms. The van der Waals surface area contributed by atoms with Crippen LogP contribution in [-0.4, -0.2) is 38.2 Å². The molecule has 1 aromatic heterocycles. The van der Waals surface area contributed by atoms with E-state index >= 15 is 0 Å². The molecule has 154 valence electrons. The highest BCUT2D eigenvalue weighted by molar-refractivity contribution is 6.30. The number of carbonyl (C=O) groups is 1. The molecular formula is C21H18ClFN4O3. The van der Waals surface area contributed by atoms with Crippen LogP contribution in [0.1, 0.15) is 28.9 Å². The van der Waals surface area contributed by atoms with Gasteiger partial charge in [0.25, 0.3) is 11.5 Å². The molecule has 4 rings (SSSR count). The first-order chi connectivity index (χ1) is 14.4. The summed E-state index contributed by atoms with van der Waals surface area (Å²) in [6.07, 6.45) is 1.69. The highest BCUT2D eigenvalue weighted by Crippen LogP contribution is 2.14. The minimum absolute atomic E-state index is 0.196. The molecule has 1 aliphatic rings. The van der Waals surface area contributed by atoms with Crippen molar-refractivity contribution in [1.29, 1.82) is 0 Å². The zero-order chi connectivity index (χ0) is 21.3. The van der Waals surface area contributed by atoms with Gasteiger partial charge in [-0.2, -0.15) is 9.78 Å². The molecular weight excluding hydrogens is 411 g/mol. The van der Waals surface area contributed by atoms with Crippen molar-refractivity contribution in [2.24, 2.45) is 0 Å². The maximum atomic E-state index is 13.6. The second-order valence-corrected chi connectivity index (χ2v) is 7.48. The van der Waals surface area contributed by atoms with Crippen molar-refractivity contribution in [2.45, 2.75) is 19.4 Å². The maximum absolute atomic E-state index is 13.6. The molecule has 9 heteroatoms. The lowest BCUT2D eigenvalue weighted by molar-refractivity contribution is 0.0781. The summed E-state index contributed by atoms with van der Waals surface area (Å²) < 4.78 is 15.5. The van der Waals surface area contributed by atoms with Gasteiger partial charge >= 0.3 is 5.69 Å². The highest BCUT2D eigenvalue weighted by Gasteiger charge is 2.26. The van der Waals surface area contributed by atoms with Gasteiger partial charge in [-0.05, 0) is 48.7 Å². The molecule has 1 amide bonds. The van der Waals surface area contributed by atoms with Crippen LogP contribution in [0.5, 0.6) is 0 Å². The molecule has 0 bridgehead atoms. The molecule has 0 saturated carbocycles. The second kappa shape index (κ2) is 8.23. The number of rotatable bonds is 4. The first-order valence-electron chi connectivity index (χ1n) is 9.48. The number of benzene rings is 2. The molecule has 2 aromatic carbocycles. The second-order valence-electron chi connectivity index (χ2n) is 7.04. The molecule has 1 aliphatic heterocycles. The van der Waals surface area contributed by atoms with Crippen LogP contribution in [0.4, 0.5) is 4.39 Å². The molecule has 0 atom stereocenters. The SMILES string of the molecule is O=C(c1nn(-c2cccc(Cl)c2)c(=O)n(Cc2cccc(F)c2)c1=O)N1CCCC1. The van der Waals surface area contributed by atoms with Crippen LogP contribution in [0.25, 0.3) is 5.69 Å². The number of amides is 1. The molecule has 0 aliphatic carbocycles. The largest absolute Gasteiger partial charge is 0.352 e. The van der Waals surface area contributed by atoms with Gasteiger partial charge in [-0.15, -0.1) is 0 Å². The first kappa shape index (κ1) is 20.0. The van der Waals surface area contributed by atoms with E-state index < -0.39 is 23.0 Å². The van der Waals surface area contributed by atoms with Gasteiger partial charge in [0.05, 0.1) is 12.2 Å². The fourth-order valence-corrected chi connectivity index (χ4v) is 3.64. The molecule has 0 spiro atoms. The number of aromatic nitrogens is 3. The minimum Gasteiger partial charge on any atom is -0.337 e. The summed E-state index contributed by atoms with van der Waals surface area (Å²) in [6, 6.07) is 12.0. The Labute approximate surface area is 175 Å². The van der Waals surface area contributed by atoms with Crippen LogP contribution in [-0.2, 0) is 6.54 Å². The number of nitrogens with zero attached hydrogens (tertiary/aromatic N) is 4. The Kier molecular flexibility index (Phi) is 5.50. The fraction of sp³-hybridized carbons (Fsp3) is 0.238. The summed E-state index contributed by atoms with van der Waals surface area (Å²) in [5.41, 5.74) is -1.18. The molecule has 1 saturated heterocycles. The van der Waals surface area contributed by atoms with Gasteiger partial charge < -0.3 is 4.90 Å². The predicted molar refractivity (Wildman–Crippen MR) is 110 cm³/mol. The van der Waals surface area contributed by atoms with Crippen molar-refractivity contribution < 1.29 is 9.18 Å². The van der Waals surface area contributed by atoms with Gasteiger partial charge in [-0.25, -0.2) is 9.18 Å². The number of halogens is 2. The zero-order valence-electron chi connectivity index (χ0n) is 15.9. The Morgan fingerprint density at radius 1 is 1.07 bits per heavy atom. The molecule has 0 N–H and O–H groups in total. The van der Waals surface area contributed by atoms with Crippen molar-refractivity contribution in [3.05, 3.63) is 91.5 Å². The van der Waals surface area contributed by atoms with E-state index in [1.165, 1.54) is 24.3 Å². The van der Waals surface area contributed by atoms with Crippen molar-refractivity contribution in [3.63, 3.8) is 0 Å². The average Bonchev–Trinajstić information content (AvgIpc) is 3.26. The third-order valence-corrected chi connectivity index (χ3v) is 5.17. The Bertz CT molecular complexity index is 1230. The van der Waals surface area contributed by atoms with Crippen molar-refractivity contribution in [1.82, 2.24) is 19.2 Å². The van der Waals surface area contributed by atoms with Crippen LogP contribution in [0, 0.1) is 5.82 Å². The highest BCUT2D eigenvalue weighted by atomic mass is 35.5. The zero-order valence-corrected chi connectivity index (χ0v) is 16.7. The summed E-state index contributed by atoms with van der Waals surface area (Å²) in [5, 5.41) is 4.47. The maximum Gasteiger partial charge on any atom is 0.352 e. The first-order valence-corrected chi connectivity index (χ1v) is 9.85. The fourth-order valence-electron chi connectivity index (χ4n) is 3.45. The standard InChI is InChI=1S/C21H18ClFN4O3/c22-15-6-4-8-17(12-15)27-21(30)26(13-14-5-3-7-16(23)11-14)20(29)18(24-27)19(28)25-9-1-2-10-25/h3-8,11-12H,1-2,9-10,13H2. The molecule has 0 radical (unpaired) electrons. The van der Waals surface area contributed by atoms with Crippen molar-refractivity contribution in [3.8, 4) is 5.69 Å². The number of hydrogen-bond donors (Lipinski definition) is 0. The Morgan fingerprint density at radius 3 is 2.50 bits per heavy atom. The van der Waals surface area contributed by atoms with Gasteiger partial charge in [-0.3, -0.25) is 14.2 Å². The minimum atomic E-state index is -0.806. The molecule has 3 aromatic rings. The van der Waals surface area contributed by atoms with E-state index in [4.69, 9.17) is 11.6 Å². The van der Waals surface area contributed by atoms with Gasteiger partial charge in [0.2, 0.25) is 5.69 Å². The van der Waals surface area contributed by atoms with Crippen molar-refractivity contribution in [2.75, 3.05) is 13.1 Å². The van der Waals surface area contributed by atoms with Crippen LogP contribution in [0.3, 0.4) is 0 Å². The molecule has 1 fully saturated rings. The third-order valence-electron chi connectivity index (χ3n) is 4.94. The van der Waals surface area contributed by atoms with E-state index in [1.54, 1.807) is 29.2 Å². The number of likely N-dealkylation sites (tertiary alicyclic amines) is 1. The van der Waals surface area contributed by atoms with Crippen LogP contribution in [0.15, 0.2) is 58.1 Å². The quantitative estimate of drug-likeness (QED) is 0.639. The van der Waals surface area contributed by atoms with Crippen LogP contribution in [0.2, 0.25) is 5.02 Å². The van der Waals surface area contributed by atoms with Crippen LogP contribution >= 0.6 is 11.6 Å². The van der Waals surface area contributed by atoms with Gasteiger partial charge in [0, 0.05) is 18.1 Å². The Morgan fingerprint density at radius 2 is 1.80 bits per heavy atom. The van der Waals surface area contributed by atoms with Gasteiger partial charge in [-0.1, -0.05) is 29.8 Å². The number of hydrogen-bond acceptors (Lipinski definition) is 4. The lowest BCUT2D eigenvalue weighted by atomic mass is 10.2. The van der Waals surface area contributed by atoms with E-state index in [9.17, 15) is 18.8 Å². The summed E-state index contributed by atoms with van der Waals surface area (Å²) in [6.45, 7) is 0.860. The Hall–Kier alpha value is -3.26. The van der Waals surface area contributed by atoms with Crippen LogP contribution < -0.4 is 11.2 Å². The lowest BCUT2D eigenvalue weighted by Gasteiger charge is -2.16. The lowest BCUT2D eigenvalue weighted by Crippen LogP contribution is -2.46. The summed E-state index contributed by atoms with van der Waals surface area (Å²) in [7, 11) is 0. The topological polar surface area (TPSA) is 77.2 Å². The van der Waals surface area contributed by atoms with E-state index in [2.05, 4.69) is 5.10 Å². The van der Waals surface area contributed by atoms with Crippen molar-refractivity contribution >= 4 is 17.5 Å². The van der Waals surface area contributed by atoms with Gasteiger partial charge in [0.15, 0.2) is 0 Å². The van der Waals surface area contributed by atoms with E-state index in [0.29, 0.717) is 29.4 Å². The van der Waals surface area contributed by atoms with E-state index in [1.807, 2.05) is 0 Å². The third kappa shape index (κ3) is 3.91. The molecule has 0 unspecified atom stereocenters. The predicted octanol–water partition coefficient (Wildman–Crippen LogP) is 2.47. The number of carbonyl (C=O) groups excluding carboxylic acids is 1.